The van der Waals surface area contributed by atoms with Gasteiger partial charge in [-0.25, -0.2) is 0 Å². The average Bonchev–Trinajstić information content (AvgIpc) is 2.70. The maximum absolute atomic E-state index is 12.9. The maximum atomic E-state index is 12.9. The predicted molar refractivity (Wildman–Crippen MR) is 106 cm³/mol. The molecule has 1 N–H and O–H groups in total. The first-order chi connectivity index (χ1) is 13.9. The van der Waals surface area contributed by atoms with Gasteiger partial charge in [0.1, 0.15) is 12.2 Å². The highest BCUT2D eigenvalue weighted by molar-refractivity contribution is 7.80. The van der Waals surface area contributed by atoms with Crippen LogP contribution in [0.1, 0.15) is 5.56 Å². The standard InChI is InChI=1S/C20H16N2O6S/c1-27-16-10-12(7-8-15(16)28-11-17(23)24)9-14-18(25)21-20(29)22(19(14)26)13-5-3-2-4-6-13/h2-10H,11H2,1H3,(H,23,24)(H,21,25,29)/p-1/b14-9+. The lowest BCUT2D eigenvalue weighted by Crippen LogP contribution is -2.54. The smallest absolute Gasteiger partial charge is 0.270 e. The lowest BCUT2D eigenvalue weighted by atomic mass is 10.1. The van der Waals surface area contributed by atoms with Gasteiger partial charge in [-0.15, -0.1) is 0 Å². The number of methoxy groups -OCH3 is 1. The van der Waals surface area contributed by atoms with E-state index in [0.29, 0.717) is 11.3 Å². The van der Waals surface area contributed by atoms with E-state index in [1.807, 2.05) is 0 Å². The first kappa shape index (κ1) is 20.0. The molecule has 29 heavy (non-hydrogen) atoms. The third kappa shape index (κ3) is 4.41. The number of carboxylic acid groups (broad SMARTS) is 1. The number of ether oxygens (including phenoxy) is 2. The Kier molecular flexibility index (Phi) is 5.89. The molecule has 2 amide bonds. The van der Waals surface area contributed by atoms with Gasteiger partial charge in [-0.05, 0) is 48.1 Å². The number of rotatable bonds is 6. The zero-order chi connectivity index (χ0) is 21.0. The summed E-state index contributed by atoms with van der Waals surface area (Å²) in [7, 11) is 1.38. The molecule has 0 radical (unpaired) electrons. The molecule has 0 aromatic heterocycles. The first-order valence-electron chi connectivity index (χ1n) is 8.38. The molecule has 1 heterocycles. The number of hydrogen-bond acceptors (Lipinski definition) is 7. The number of para-hydroxylation sites is 1. The third-order valence-electron chi connectivity index (χ3n) is 3.96. The van der Waals surface area contributed by atoms with Crippen LogP contribution in [0.4, 0.5) is 5.69 Å². The molecule has 1 saturated heterocycles. The number of carbonyl (C=O) groups excluding carboxylic acids is 3. The van der Waals surface area contributed by atoms with Crippen LogP contribution >= 0.6 is 12.2 Å². The van der Waals surface area contributed by atoms with E-state index in [9.17, 15) is 19.5 Å². The zero-order valence-corrected chi connectivity index (χ0v) is 16.0. The molecular weight excluding hydrogens is 396 g/mol. The molecule has 8 nitrogen and oxygen atoms in total. The number of hydrogen-bond donors (Lipinski definition) is 1. The van der Waals surface area contributed by atoms with Crippen molar-refractivity contribution in [1.82, 2.24) is 5.32 Å². The van der Waals surface area contributed by atoms with Gasteiger partial charge in [0.2, 0.25) is 0 Å². The van der Waals surface area contributed by atoms with Crippen molar-refractivity contribution in [1.29, 1.82) is 0 Å². The molecule has 9 heteroatoms. The summed E-state index contributed by atoms with van der Waals surface area (Å²) >= 11 is 5.14. The maximum Gasteiger partial charge on any atom is 0.270 e. The highest BCUT2D eigenvalue weighted by Crippen LogP contribution is 2.29. The van der Waals surface area contributed by atoms with Crippen LogP contribution in [-0.2, 0) is 14.4 Å². The molecule has 148 valence electrons. The van der Waals surface area contributed by atoms with Crippen LogP contribution < -0.4 is 24.8 Å². The summed E-state index contributed by atoms with van der Waals surface area (Å²) in [5.41, 5.74) is 0.881. The monoisotopic (exact) mass is 411 g/mol. The predicted octanol–water partition coefficient (Wildman–Crippen LogP) is 0.655. The minimum Gasteiger partial charge on any atom is -0.546 e. The van der Waals surface area contributed by atoms with Gasteiger partial charge in [0.25, 0.3) is 11.8 Å². The largest absolute Gasteiger partial charge is 0.546 e. The van der Waals surface area contributed by atoms with Crippen LogP contribution in [0.15, 0.2) is 54.1 Å². The summed E-state index contributed by atoms with van der Waals surface area (Å²) in [5, 5.41) is 13.1. The first-order valence-corrected chi connectivity index (χ1v) is 8.78. The van der Waals surface area contributed by atoms with Crippen LogP contribution in [0, 0.1) is 0 Å². The second kappa shape index (κ2) is 8.53. The highest BCUT2D eigenvalue weighted by Gasteiger charge is 2.34. The van der Waals surface area contributed by atoms with Gasteiger partial charge in [-0.2, -0.15) is 0 Å². The van der Waals surface area contributed by atoms with E-state index in [0.717, 1.165) is 0 Å². The number of nitrogens with zero attached hydrogens (tertiary/aromatic N) is 1. The van der Waals surface area contributed by atoms with Crippen LogP contribution in [0.25, 0.3) is 6.08 Å². The molecule has 1 fully saturated rings. The Morgan fingerprint density at radius 2 is 1.90 bits per heavy atom. The number of carboxylic acids is 1. The Balaban J connectivity index is 1.93. The van der Waals surface area contributed by atoms with E-state index in [-0.39, 0.29) is 22.2 Å². The zero-order valence-electron chi connectivity index (χ0n) is 15.2. The number of nitrogens with one attached hydrogen (secondary N) is 1. The molecule has 2 aromatic rings. The van der Waals surface area contributed by atoms with Crippen molar-refractivity contribution in [2.75, 3.05) is 18.6 Å². The van der Waals surface area contributed by atoms with E-state index in [2.05, 4.69) is 5.32 Å². The Morgan fingerprint density at radius 1 is 1.17 bits per heavy atom. The molecule has 1 aliphatic heterocycles. The van der Waals surface area contributed by atoms with Crippen LogP contribution in [0.5, 0.6) is 11.5 Å². The third-order valence-corrected chi connectivity index (χ3v) is 4.24. The van der Waals surface area contributed by atoms with E-state index in [1.54, 1.807) is 36.4 Å². The minimum absolute atomic E-state index is 0.00745. The molecular formula is C20H15N2O6S-. The number of aliphatic carboxylic acids is 1. The fourth-order valence-corrected chi connectivity index (χ4v) is 2.95. The summed E-state index contributed by atoms with van der Waals surface area (Å²) in [5.74, 6) is -2.14. The fraction of sp³-hybridized carbons (Fsp3) is 0.100. The number of amides is 2. The van der Waals surface area contributed by atoms with E-state index in [4.69, 9.17) is 21.7 Å². The Labute approximate surface area is 171 Å². The van der Waals surface area contributed by atoms with Gasteiger partial charge >= 0.3 is 0 Å². The van der Waals surface area contributed by atoms with Crippen molar-refractivity contribution < 1.29 is 29.0 Å². The quantitative estimate of drug-likeness (QED) is 0.423. The molecule has 3 rings (SSSR count). The molecule has 0 bridgehead atoms. The van der Waals surface area contributed by atoms with Crippen molar-refractivity contribution in [2.45, 2.75) is 0 Å². The normalized spacial score (nSPS) is 15.3. The van der Waals surface area contributed by atoms with E-state index < -0.39 is 24.4 Å². The minimum atomic E-state index is -1.38. The number of thiocarbonyl (C=S) groups is 1. The molecule has 0 spiro atoms. The Morgan fingerprint density at radius 3 is 2.55 bits per heavy atom. The average molecular weight is 411 g/mol. The van der Waals surface area contributed by atoms with Crippen molar-refractivity contribution in [3.05, 3.63) is 59.7 Å². The van der Waals surface area contributed by atoms with Crippen molar-refractivity contribution in [2.24, 2.45) is 0 Å². The molecule has 0 aliphatic carbocycles. The highest BCUT2D eigenvalue weighted by atomic mass is 32.1. The van der Waals surface area contributed by atoms with Gasteiger partial charge < -0.3 is 19.4 Å². The van der Waals surface area contributed by atoms with Crippen LogP contribution in [-0.4, -0.2) is 36.6 Å². The van der Waals surface area contributed by atoms with Crippen molar-refractivity contribution in [3.8, 4) is 11.5 Å². The van der Waals surface area contributed by atoms with E-state index >= 15 is 0 Å². The van der Waals surface area contributed by atoms with Crippen molar-refractivity contribution in [3.63, 3.8) is 0 Å². The molecule has 0 unspecified atom stereocenters. The molecule has 2 aromatic carbocycles. The summed E-state index contributed by atoms with van der Waals surface area (Å²) in [6.45, 7) is -0.638. The topological polar surface area (TPSA) is 108 Å². The second-order valence-corrected chi connectivity index (χ2v) is 6.25. The summed E-state index contributed by atoms with van der Waals surface area (Å²) in [6.07, 6.45) is 1.39. The van der Waals surface area contributed by atoms with Gasteiger partial charge in [0.15, 0.2) is 16.6 Å². The fourth-order valence-electron chi connectivity index (χ4n) is 2.67. The SMILES string of the molecule is COc1cc(/C=C2\C(=O)NC(=S)N(c3ccccc3)C2=O)ccc1OCC(=O)[O-]. The van der Waals surface area contributed by atoms with Gasteiger partial charge in [-0.3, -0.25) is 19.8 Å². The number of benzene rings is 2. The molecule has 0 atom stereocenters. The van der Waals surface area contributed by atoms with E-state index in [1.165, 1.54) is 30.2 Å². The van der Waals surface area contributed by atoms with Gasteiger partial charge in [0, 0.05) is 0 Å². The van der Waals surface area contributed by atoms with Crippen molar-refractivity contribution >= 4 is 46.9 Å². The summed E-state index contributed by atoms with van der Waals surface area (Å²) in [4.78, 5) is 37.1. The molecule has 1 aliphatic rings. The lowest BCUT2D eigenvalue weighted by molar-refractivity contribution is -0.307. The van der Waals surface area contributed by atoms with Crippen LogP contribution in [0.3, 0.4) is 0 Å². The second-order valence-electron chi connectivity index (χ2n) is 5.86. The van der Waals surface area contributed by atoms with Crippen LogP contribution in [0.2, 0.25) is 0 Å². The van der Waals surface area contributed by atoms with Gasteiger partial charge in [-0.1, -0.05) is 24.3 Å². The Bertz CT molecular complexity index is 1020. The number of anilines is 1. The number of carbonyl (C=O) groups is 3. The lowest BCUT2D eigenvalue weighted by Gasteiger charge is -2.28. The summed E-state index contributed by atoms with van der Waals surface area (Å²) in [6, 6.07) is 13.2. The van der Waals surface area contributed by atoms with Gasteiger partial charge in [0.05, 0.1) is 18.8 Å². The summed E-state index contributed by atoms with van der Waals surface area (Å²) < 4.78 is 10.3. The Hall–Kier alpha value is -3.72. The molecule has 0 saturated carbocycles.